The number of rotatable bonds is 4. The van der Waals surface area contributed by atoms with Crippen molar-refractivity contribution in [3.8, 4) is 0 Å². The highest BCUT2D eigenvalue weighted by molar-refractivity contribution is 5.94. The number of carbonyl (C=O) groups is 1. The fourth-order valence-electron chi connectivity index (χ4n) is 1.12. The average Bonchev–Trinajstić information content (AvgIpc) is 2.18. The first kappa shape index (κ1) is 11.6. The van der Waals surface area contributed by atoms with Gasteiger partial charge in [0.25, 0.3) is 5.91 Å². The number of hydrogen-bond donors (Lipinski definition) is 2. The van der Waals surface area contributed by atoms with Crippen LogP contribution < -0.4 is 5.32 Å². The summed E-state index contributed by atoms with van der Waals surface area (Å²) in [7, 11) is 0. The van der Waals surface area contributed by atoms with Crippen molar-refractivity contribution in [3.63, 3.8) is 0 Å². The second-order valence-corrected chi connectivity index (χ2v) is 3.25. The summed E-state index contributed by atoms with van der Waals surface area (Å²) in [5.74, 6) is -1.05. The number of halogens is 1. The van der Waals surface area contributed by atoms with Gasteiger partial charge in [-0.05, 0) is 19.4 Å². The van der Waals surface area contributed by atoms with Gasteiger partial charge in [-0.1, -0.05) is 0 Å². The maximum Gasteiger partial charge on any atom is 0.251 e. The normalized spacial score (nSPS) is 12.2. The third-order valence-electron chi connectivity index (χ3n) is 1.93. The molecule has 1 aromatic rings. The maximum atomic E-state index is 12.7. The van der Waals surface area contributed by atoms with E-state index in [4.69, 9.17) is 5.11 Å². The molecule has 0 aliphatic heterocycles. The number of aliphatic hydroxyl groups is 1. The monoisotopic (exact) mass is 212 g/mol. The van der Waals surface area contributed by atoms with E-state index in [1.54, 1.807) is 6.92 Å². The average molecular weight is 212 g/mol. The van der Waals surface area contributed by atoms with Crippen molar-refractivity contribution in [2.45, 2.75) is 19.4 Å². The predicted octanol–water partition coefficient (Wildman–Crippen LogP) is 0.721. The molecule has 0 radical (unpaired) electrons. The lowest BCUT2D eigenvalue weighted by Crippen LogP contribution is -2.33. The van der Waals surface area contributed by atoms with Gasteiger partial charge >= 0.3 is 0 Å². The molecule has 1 atom stereocenters. The summed E-state index contributed by atoms with van der Waals surface area (Å²) in [5.41, 5.74) is 0.229. The molecule has 15 heavy (non-hydrogen) atoms. The molecule has 0 spiro atoms. The van der Waals surface area contributed by atoms with Crippen LogP contribution in [0.15, 0.2) is 18.3 Å². The molecule has 82 valence electrons. The van der Waals surface area contributed by atoms with Crippen LogP contribution in [0.1, 0.15) is 23.7 Å². The van der Waals surface area contributed by atoms with Crippen LogP contribution in [0.4, 0.5) is 4.39 Å². The SMILES string of the molecule is CC(CCO)NC(=O)c1ccnc(F)c1. The molecule has 0 aliphatic carbocycles. The molecule has 0 saturated carbocycles. The molecule has 1 aromatic heterocycles. The van der Waals surface area contributed by atoms with Gasteiger partial charge in [-0.3, -0.25) is 4.79 Å². The Morgan fingerprint density at radius 3 is 3.07 bits per heavy atom. The molecule has 1 heterocycles. The van der Waals surface area contributed by atoms with E-state index in [0.29, 0.717) is 6.42 Å². The zero-order valence-electron chi connectivity index (χ0n) is 8.40. The Hall–Kier alpha value is -1.49. The number of aromatic nitrogens is 1. The summed E-state index contributed by atoms with van der Waals surface area (Å²) < 4.78 is 12.7. The van der Waals surface area contributed by atoms with Crippen LogP contribution >= 0.6 is 0 Å². The molecular weight excluding hydrogens is 199 g/mol. The van der Waals surface area contributed by atoms with Crippen molar-refractivity contribution in [3.05, 3.63) is 29.8 Å². The summed E-state index contributed by atoms with van der Waals surface area (Å²) in [6.45, 7) is 1.78. The van der Waals surface area contributed by atoms with E-state index < -0.39 is 5.95 Å². The lowest BCUT2D eigenvalue weighted by atomic mass is 10.2. The summed E-state index contributed by atoms with van der Waals surface area (Å²) in [6.07, 6.45) is 1.71. The second-order valence-electron chi connectivity index (χ2n) is 3.25. The van der Waals surface area contributed by atoms with Crippen LogP contribution in [0, 0.1) is 5.95 Å². The largest absolute Gasteiger partial charge is 0.396 e. The van der Waals surface area contributed by atoms with Crippen molar-refractivity contribution < 1.29 is 14.3 Å². The van der Waals surface area contributed by atoms with Gasteiger partial charge in [-0.15, -0.1) is 0 Å². The number of carbonyl (C=O) groups excluding carboxylic acids is 1. The summed E-state index contributed by atoms with van der Waals surface area (Å²) in [5, 5.41) is 11.3. The molecular formula is C10H13FN2O2. The Bertz CT molecular complexity index is 344. The second kappa shape index (κ2) is 5.41. The maximum absolute atomic E-state index is 12.7. The van der Waals surface area contributed by atoms with Crippen molar-refractivity contribution in [2.75, 3.05) is 6.61 Å². The molecule has 4 nitrogen and oxygen atoms in total. The number of pyridine rings is 1. The highest BCUT2D eigenvalue weighted by Gasteiger charge is 2.09. The standard InChI is InChI=1S/C10H13FN2O2/c1-7(3-5-14)13-10(15)8-2-4-12-9(11)6-8/h2,4,6-7,14H,3,5H2,1H3,(H,13,15). The van der Waals surface area contributed by atoms with Gasteiger partial charge in [-0.25, -0.2) is 4.98 Å². The third-order valence-corrected chi connectivity index (χ3v) is 1.93. The molecule has 0 aromatic carbocycles. The first-order chi connectivity index (χ1) is 7.13. The Morgan fingerprint density at radius 2 is 2.47 bits per heavy atom. The first-order valence-corrected chi connectivity index (χ1v) is 4.66. The predicted molar refractivity (Wildman–Crippen MR) is 52.8 cm³/mol. The summed E-state index contributed by atoms with van der Waals surface area (Å²) >= 11 is 0. The fraction of sp³-hybridized carbons (Fsp3) is 0.400. The van der Waals surface area contributed by atoms with Crippen molar-refractivity contribution in [1.29, 1.82) is 0 Å². The fourth-order valence-corrected chi connectivity index (χ4v) is 1.12. The molecule has 2 N–H and O–H groups in total. The highest BCUT2D eigenvalue weighted by Crippen LogP contribution is 2.01. The van der Waals surface area contributed by atoms with E-state index in [2.05, 4.69) is 10.3 Å². The Labute approximate surface area is 87.1 Å². The quantitative estimate of drug-likeness (QED) is 0.723. The van der Waals surface area contributed by atoms with Gasteiger partial charge in [0.15, 0.2) is 0 Å². The topological polar surface area (TPSA) is 62.2 Å². The number of nitrogens with zero attached hydrogens (tertiary/aromatic N) is 1. The van der Waals surface area contributed by atoms with E-state index >= 15 is 0 Å². The third kappa shape index (κ3) is 3.63. The molecule has 0 bridgehead atoms. The van der Waals surface area contributed by atoms with Crippen LogP contribution in [-0.4, -0.2) is 28.6 Å². The minimum Gasteiger partial charge on any atom is -0.396 e. The molecule has 1 rings (SSSR count). The van der Waals surface area contributed by atoms with E-state index in [1.807, 2.05) is 0 Å². The number of amides is 1. The molecule has 0 saturated heterocycles. The highest BCUT2D eigenvalue weighted by atomic mass is 19.1. The van der Waals surface area contributed by atoms with Gasteiger partial charge in [0.05, 0.1) is 0 Å². The van der Waals surface area contributed by atoms with Gasteiger partial charge in [-0.2, -0.15) is 4.39 Å². The van der Waals surface area contributed by atoms with E-state index in [0.717, 1.165) is 6.07 Å². The zero-order chi connectivity index (χ0) is 11.3. The lowest BCUT2D eigenvalue weighted by molar-refractivity contribution is 0.0933. The number of aliphatic hydroxyl groups excluding tert-OH is 1. The lowest BCUT2D eigenvalue weighted by Gasteiger charge is -2.11. The van der Waals surface area contributed by atoms with Crippen molar-refractivity contribution in [1.82, 2.24) is 10.3 Å². The van der Waals surface area contributed by atoms with Crippen LogP contribution in [0.25, 0.3) is 0 Å². The van der Waals surface area contributed by atoms with Gasteiger partial charge in [0.2, 0.25) is 5.95 Å². The minimum absolute atomic E-state index is 0.00610. The van der Waals surface area contributed by atoms with Crippen LogP contribution in [-0.2, 0) is 0 Å². The molecule has 1 amide bonds. The molecule has 0 aliphatic rings. The number of nitrogens with one attached hydrogen (secondary N) is 1. The molecule has 1 unspecified atom stereocenters. The zero-order valence-corrected chi connectivity index (χ0v) is 8.40. The molecule has 0 fully saturated rings. The minimum atomic E-state index is -0.683. The Morgan fingerprint density at radius 1 is 1.73 bits per heavy atom. The molecule has 5 heteroatoms. The van der Waals surface area contributed by atoms with Crippen LogP contribution in [0.2, 0.25) is 0 Å². The van der Waals surface area contributed by atoms with Gasteiger partial charge in [0.1, 0.15) is 0 Å². The first-order valence-electron chi connectivity index (χ1n) is 4.66. The Balaban J connectivity index is 2.61. The van der Waals surface area contributed by atoms with Crippen molar-refractivity contribution in [2.24, 2.45) is 0 Å². The van der Waals surface area contributed by atoms with Gasteiger partial charge in [0, 0.05) is 30.5 Å². The van der Waals surface area contributed by atoms with Crippen molar-refractivity contribution >= 4 is 5.91 Å². The summed E-state index contributed by atoms with van der Waals surface area (Å²) in [6, 6.07) is 2.36. The van der Waals surface area contributed by atoms with Crippen LogP contribution in [0.5, 0.6) is 0 Å². The smallest absolute Gasteiger partial charge is 0.251 e. The number of hydrogen-bond acceptors (Lipinski definition) is 3. The van der Waals surface area contributed by atoms with E-state index in [9.17, 15) is 9.18 Å². The summed E-state index contributed by atoms with van der Waals surface area (Å²) in [4.78, 5) is 14.8. The Kier molecular flexibility index (Phi) is 4.17. The van der Waals surface area contributed by atoms with Crippen LogP contribution in [0.3, 0.4) is 0 Å². The van der Waals surface area contributed by atoms with E-state index in [1.165, 1.54) is 12.3 Å². The van der Waals surface area contributed by atoms with E-state index in [-0.39, 0.29) is 24.1 Å². The van der Waals surface area contributed by atoms with Gasteiger partial charge < -0.3 is 10.4 Å².